The Morgan fingerprint density at radius 2 is 1.92 bits per heavy atom. The summed E-state index contributed by atoms with van der Waals surface area (Å²) >= 11 is 1.61. The third-order valence-electron chi connectivity index (χ3n) is 3.84. The molecular formula is C20H24N2O2S. The average Bonchev–Trinajstić information content (AvgIpc) is 3.12. The quantitative estimate of drug-likeness (QED) is 0.733. The molecule has 25 heavy (non-hydrogen) atoms. The summed E-state index contributed by atoms with van der Waals surface area (Å²) in [5.41, 5.74) is 0.550. The van der Waals surface area contributed by atoms with Gasteiger partial charge in [-0.3, -0.25) is 9.59 Å². The molecule has 2 aromatic rings. The van der Waals surface area contributed by atoms with Gasteiger partial charge in [-0.2, -0.15) is 0 Å². The summed E-state index contributed by atoms with van der Waals surface area (Å²) in [6.45, 7) is 8.58. The van der Waals surface area contributed by atoms with Crippen LogP contribution >= 0.6 is 11.3 Å². The summed E-state index contributed by atoms with van der Waals surface area (Å²) in [7, 11) is 0. The molecule has 0 spiro atoms. The Bertz CT molecular complexity index is 696. The number of carbonyl (C=O) groups excluding carboxylic acids is 2. The van der Waals surface area contributed by atoms with Crippen LogP contribution in [0.2, 0.25) is 0 Å². The summed E-state index contributed by atoms with van der Waals surface area (Å²) in [5.74, 6) is -0.342. The molecule has 2 rings (SSSR count). The maximum atomic E-state index is 13.0. The average molecular weight is 356 g/mol. The molecular weight excluding hydrogens is 332 g/mol. The van der Waals surface area contributed by atoms with Crippen LogP contribution in [0.4, 0.5) is 0 Å². The second-order valence-corrected chi connectivity index (χ2v) is 7.18. The molecule has 1 aromatic heterocycles. The van der Waals surface area contributed by atoms with Crippen molar-refractivity contribution in [3.8, 4) is 0 Å². The monoisotopic (exact) mass is 356 g/mol. The minimum atomic E-state index is -0.576. The van der Waals surface area contributed by atoms with E-state index in [4.69, 9.17) is 0 Å². The summed E-state index contributed by atoms with van der Waals surface area (Å²) in [4.78, 5) is 28.3. The molecule has 0 radical (unpaired) electrons. The molecule has 0 aliphatic carbocycles. The number of rotatable bonds is 8. The van der Waals surface area contributed by atoms with Gasteiger partial charge in [0.15, 0.2) is 0 Å². The van der Waals surface area contributed by atoms with E-state index in [0.29, 0.717) is 18.7 Å². The Hall–Kier alpha value is -2.40. The predicted octanol–water partition coefficient (Wildman–Crippen LogP) is 3.72. The number of amides is 2. The van der Waals surface area contributed by atoms with Gasteiger partial charge >= 0.3 is 0 Å². The Morgan fingerprint density at radius 1 is 1.20 bits per heavy atom. The highest BCUT2D eigenvalue weighted by atomic mass is 32.1. The van der Waals surface area contributed by atoms with E-state index in [1.807, 2.05) is 49.6 Å². The van der Waals surface area contributed by atoms with Crippen LogP contribution in [0.25, 0.3) is 0 Å². The van der Waals surface area contributed by atoms with E-state index >= 15 is 0 Å². The van der Waals surface area contributed by atoms with Gasteiger partial charge in [0, 0.05) is 17.0 Å². The molecule has 1 atom stereocenters. The van der Waals surface area contributed by atoms with Crippen molar-refractivity contribution in [1.82, 2.24) is 10.2 Å². The van der Waals surface area contributed by atoms with Gasteiger partial charge in [0.05, 0.1) is 6.54 Å². The summed E-state index contributed by atoms with van der Waals surface area (Å²) in [6.07, 6.45) is 1.71. The van der Waals surface area contributed by atoms with Crippen LogP contribution in [0.1, 0.15) is 29.1 Å². The lowest BCUT2D eigenvalue weighted by Gasteiger charge is -2.29. The lowest BCUT2D eigenvalue weighted by atomic mass is 10.0. The molecule has 1 N–H and O–H groups in total. The van der Waals surface area contributed by atoms with Crippen LogP contribution in [0.5, 0.6) is 0 Å². The number of carbonyl (C=O) groups is 2. The first kappa shape index (κ1) is 18.9. The fourth-order valence-corrected chi connectivity index (χ4v) is 3.22. The first-order valence-corrected chi connectivity index (χ1v) is 9.19. The maximum Gasteiger partial charge on any atom is 0.251 e. The second kappa shape index (κ2) is 9.18. The molecule has 1 aromatic carbocycles. The number of hydrogen-bond donors (Lipinski definition) is 1. The third-order valence-corrected chi connectivity index (χ3v) is 4.70. The van der Waals surface area contributed by atoms with E-state index < -0.39 is 6.04 Å². The first-order valence-electron chi connectivity index (χ1n) is 8.31. The minimum Gasteiger partial charge on any atom is -0.340 e. The van der Waals surface area contributed by atoms with Crippen LogP contribution in [0, 0.1) is 5.92 Å². The van der Waals surface area contributed by atoms with Gasteiger partial charge in [-0.25, -0.2) is 0 Å². The largest absolute Gasteiger partial charge is 0.340 e. The van der Waals surface area contributed by atoms with Gasteiger partial charge in [-0.15, -0.1) is 17.9 Å². The van der Waals surface area contributed by atoms with Crippen molar-refractivity contribution in [2.75, 3.05) is 6.54 Å². The normalized spacial score (nSPS) is 11.8. The van der Waals surface area contributed by atoms with Crippen molar-refractivity contribution in [3.63, 3.8) is 0 Å². The molecule has 0 saturated heterocycles. The van der Waals surface area contributed by atoms with Gasteiger partial charge in [0.25, 0.3) is 5.91 Å². The summed E-state index contributed by atoms with van der Waals surface area (Å²) in [6, 6.07) is 12.3. The van der Waals surface area contributed by atoms with Crippen LogP contribution in [0.15, 0.2) is 60.5 Å². The van der Waals surface area contributed by atoms with Gasteiger partial charge < -0.3 is 10.2 Å². The van der Waals surface area contributed by atoms with Crippen LogP contribution in [-0.4, -0.2) is 29.3 Å². The van der Waals surface area contributed by atoms with Crippen LogP contribution in [0.3, 0.4) is 0 Å². The molecule has 5 heteroatoms. The minimum absolute atomic E-state index is 0.0178. The highest BCUT2D eigenvalue weighted by Gasteiger charge is 2.28. The fraction of sp³-hybridized carbons (Fsp3) is 0.300. The SMILES string of the molecule is C=CCN(Cc1cccs1)C(=O)[C@@H](NC(=O)c1ccccc1)C(C)C. The third kappa shape index (κ3) is 5.29. The zero-order valence-corrected chi connectivity index (χ0v) is 15.5. The molecule has 0 unspecified atom stereocenters. The molecule has 2 amide bonds. The Balaban J connectivity index is 2.14. The molecule has 0 bridgehead atoms. The van der Waals surface area contributed by atoms with E-state index in [0.717, 1.165) is 4.88 Å². The lowest BCUT2D eigenvalue weighted by Crippen LogP contribution is -2.51. The fourth-order valence-electron chi connectivity index (χ4n) is 2.50. The van der Waals surface area contributed by atoms with Crippen molar-refractivity contribution in [2.24, 2.45) is 5.92 Å². The number of nitrogens with zero attached hydrogens (tertiary/aromatic N) is 1. The molecule has 0 saturated carbocycles. The number of hydrogen-bond acceptors (Lipinski definition) is 3. The van der Waals surface area contributed by atoms with Crippen LogP contribution < -0.4 is 5.32 Å². The maximum absolute atomic E-state index is 13.0. The number of thiophene rings is 1. The van der Waals surface area contributed by atoms with E-state index in [9.17, 15) is 9.59 Å². The van der Waals surface area contributed by atoms with E-state index in [-0.39, 0.29) is 17.7 Å². The van der Waals surface area contributed by atoms with Crippen molar-refractivity contribution in [1.29, 1.82) is 0 Å². The predicted molar refractivity (Wildman–Crippen MR) is 102 cm³/mol. The Labute approximate surface area is 153 Å². The molecule has 0 aliphatic rings. The highest BCUT2D eigenvalue weighted by molar-refractivity contribution is 7.09. The van der Waals surface area contributed by atoms with Gasteiger partial charge in [0.2, 0.25) is 5.91 Å². The molecule has 0 aliphatic heterocycles. The van der Waals surface area contributed by atoms with E-state index in [2.05, 4.69) is 11.9 Å². The van der Waals surface area contributed by atoms with Crippen LogP contribution in [-0.2, 0) is 11.3 Å². The number of benzene rings is 1. The summed E-state index contributed by atoms with van der Waals surface area (Å²) < 4.78 is 0. The molecule has 1 heterocycles. The number of nitrogens with one attached hydrogen (secondary N) is 1. The van der Waals surface area contributed by atoms with Gasteiger partial charge in [-0.1, -0.05) is 44.2 Å². The lowest BCUT2D eigenvalue weighted by molar-refractivity contribution is -0.134. The van der Waals surface area contributed by atoms with E-state index in [1.165, 1.54) is 0 Å². The molecule has 132 valence electrons. The standard InChI is InChI=1S/C20H24N2O2S/c1-4-12-22(14-17-11-8-13-25-17)20(24)18(15(2)3)21-19(23)16-9-6-5-7-10-16/h4-11,13,15,18H,1,12,14H2,2-3H3,(H,21,23)/t18-/m0/s1. The highest BCUT2D eigenvalue weighted by Crippen LogP contribution is 2.15. The van der Waals surface area contributed by atoms with Crippen molar-refractivity contribution in [3.05, 3.63) is 70.9 Å². The Kier molecular flexibility index (Phi) is 6.95. The van der Waals surface area contributed by atoms with Crippen molar-refractivity contribution in [2.45, 2.75) is 26.4 Å². The molecule has 0 fully saturated rings. The molecule has 4 nitrogen and oxygen atoms in total. The first-order chi connectivity index (χ1) is 12.0. The smallest absolute Gasteiger partial charge is 0.251 e. The van der Waals surface area contributed by atoms with Crippen molar-refractivity contribution < 1.29 is 9.59 Å². The zero-order valence-electron chi connectivity index (χ0n) is 14.6. The van der Waals surface area contributed by atoms with E-state index in [1.54, 1.807) is 34.4 Å². The van der Waals surface area contributed by atoms with Gasteiger partial charge in [0.1, 0.15) is 6.04 Å². The summed E-state index contributed by atoms with van der Waals surface area (Å²) in [5, 5.41) is 4.88. The van der Waals surface area contributed by atoms with Crippen molar-refractivity contribution >= 4 is 23.2 Å². The topological polar surface area (TPSA) is 49.4 Å². The zero-order chi connectivity index (χ0) is 18.2. The Morgan fingerprint density at radius 3 is 2.48 bits per heavy atom. The second-order valence-electron chi connectivity index (χ2n) is 6.15. The van der Waals surface area contributed by atoms with Gasteiger partial charge in [-0.05, 0) is 29.5 Å².